The third kappa shape index (κ3) is 5.01. The Hall–Kier alpha value is -7.83. The van der Waals surface area contributed by atoms with Crippen LogP contribution in [0, 0.1) is 0 Å². The number of hydrogen-bond donors (Lipinski definition) is 0. The van der Waals surface area contributed by atoms with Gasteiger partial charge in [0.2, 0.25) is 0 Å². The van der Waals surface area contributed by atoms with Gasteiger partial charge in [0, 0.05) is 49.1 Å². The Morgan fingerprint density at radius 3 is 1.77 bits per heavy atom. The van der Waals surface area contributed by atoms with Crippen molar-refractivity contribution in [2.75, 3.05) is 0 Å². The number of para-hydroxylation sites is 3. The van der Waals surface area contributed by atoms with Gasteiger partial charge in [-0.25, -0.2) is 15.0 Å². The molecule has 0 fully saturated rings. The highest BCUT2D eigenvalue weighted by Crippen LogP contribution is 2.41. The maximum absolute atomic E-state index is 6.83. The lowest BCUT2D eigenvalue weighted by Gasteiger charge is -2.09. The first-order valence-electron chi connectivity index (χ1n) is 19.0. The van der Waals surface area contributed by atoms with E-state index in [1.807, 2.05) is 66.7 Å². The van der Waals surface area contributed by atoms with Crippen molar-refractivity contribution in [2.24, 2.45) is 0 Å². The fourth-order valence-electron chi connectivity index (χ4n) is 8.35. The van der Waals surface area contributed by atoms with Gasteiger partial charge >= 0.3 is 0 Å². The van der Waals surface area contributed by atoms with E-state index < -0.39 is 0 Å². The number of rotatable bonds is 5. The van der Waals surface area contributed by atoms with Crippen molar-refractivity contribution in [2.45, 2.75) is 0 Å². The van der Waals surface area contributed by atoms with Crippen LogP contribution in [0.4, 0.5) is 0 Å². The summed E-state index contributed by atoms with van der Waals surface area (Å²) in [6.45, 7) is 0. The Morgan fingerprint density at radius 2 is 0.947 bits per heavy atom. The molecule has 4 heterocycles. The van der Waals surface area contributed by atoms with Crippen molar-refractivity contribution < 1.29 is 8.83 Å². The van der Waals surface area contributed by atoms with Gasteiger partial charge in [-0.3, -0.25) is 0 Å². The number of aromatic nitrogens is 4. The zero-order valence-corrected chi connectivity index (χ0v) is 30.4. The van der Waals surface area contributed by atoms with E-state index in [1.165, 1.54) is 16.5 Å². The molecule has 0 unspecified atom stereocenters. The molecule has 0 saturated carbocycles. The number of furan rings is 2. The molecular formula is C51H30N4O2. The molecule has 0 N–H and O–H groups in total. The zero-order valence-electron chi connectivity index (χ0n) is 30.4. The molecule has 4 aromatic heterocycles. The van der Waals surface area contributed by atoms with Gasteiger partial charge in [0.25, 0.3) is 0 Å². The van der Waals surface area contributed by atoms with Crippen LogP contribution in [-0.2, 0) is 0 Å². The summed E-state index contributed by atoms with van der Waals surface area (Å²) < 4.78 is 15.4. The van der Waals surface area contributed by atoms with Crippen molar-refractivity contribution in [3.05, 3.63) is 182 Å². The molecule has 0 aliphatic rings. The largest absolute Gasteiger partial charge is 0.456 e. The molecule has 0 atom stereocenters. The van der Waals surface area contributed by atoms with E-state index in [0.29, 0.717) is 17.5 Å². The molecule has 57 heavy (non-hydrogen) atoms. The fraction of sp³-hybridized carbons (Fsp3) is 0. The molecule has 8 aromatic carbocycles. The van der Waals surface area contributed by atoms with Crippen molar-refractivity contribution in [3.63, 3.8) is 0 Å². The van der Waals surface area contributed by atoms with E-state index in [-0.39, 0.29) is 0 Å². The molecular weight excluding hydrogens is 701 g/mol. The second-order valence-electron chi connectivity index (χ2n) is 14.4. The van der Waals surface area contributed by atoms with E-state index in [4.69, 9.17) is 23.8 Å². The monoisotopic (exact) mass is 730 g/mol. The summed E-state index contributed by atoms with van der Waals surface area (Å²) in [7, 11) is 0. The molecule has 0 saturated heterocycles. The van der Waals surface area contributed by atoms with Gasteiger partial charge in [-0.1, -0.05) is 127 Å². The lowest BCUT2D eigenvalue weighted by Crippen LogP contribution is -2.00. The van der Waals surface area contributed by atoms with Crippen LogP contribution in [0.1, 0.15) is 0 Å². The standard InChI is InChI=1S/C51H30N4O2/c1-3-12-31(13-4-1)32-22-25-35(26-23-32)55-43-20-9-7-16-36(43)41-30-47-42(29-44(41)55)39-18-11-19-40(48(39)57-47)51-53-49(33-14-5-2-6-15-33)52-50(54-51)34-24-27-38-37-17-8-10-21-45(37)56-46(38)28-34/h1-30H. The molecule has 6 heteroatoms. The third-order valence-corrected chi connectivity index (χ3v) is 11.1. The summed E-state index contributed by atoms with van der Waals surface area (Å²) in [5.41, 5.74) is 11.4. The summed E-state index contributed by atoms with van der Waals surface area (Å²) in [6, 6.07) is 62.8. The van der Waals surface area contributed by atoms with Crippen molar-refractivity contribution in [1.82, 2.24) is 19.5 Å². The lowest BCUT2D eigenvalue weighted by atomic mass is 10.1. The summed E-state index contributed by atoms with van der Waals surface area (Å²) in [5, 5.41) is 6.44. The molecule has 0 bridgehead atoms. The lowest BCUT2D eigenvalue weighted by molar-refractivity contribution is 0.668. The minimum atomic E-state index is 0.534. The van der Waals surface area contributed by atoms with Crippen molar-refractivity contribution in [3.8, 4) is 51.0 Å². The second kappa shape index (κ2) is 12.3. The number of benzene rings is 8. The average molecular weight is 731 g/mol. The van der Waals surface area contributed by atoms with E-state index >= 15 is 0 Å². The first-order chi connectivity index (χ1) is 28.2. The Morgan fingerprint density at radius 1 is 0.333 bits per heavy atom. The molecule has 0 spiro atoms. The first kappa shape index (κ1) is 31.5. The molecule has 0 aliphatic heterocycles. The first-order valence-corrected chi connectivity index (χ1v) is 19.0. The highest BCUT2D eigenvalue weighted by molar-refractivity contribution is 6.18. The summed E-state index contributed by atoms with van der Waals surface area (Å²) in [4.78, 5) is 15.2. The third-order valence-electron chi connectivity index (χ3n) is 11.1. The smallest absolute Gasteiger partial charge is 0.167 e. The van der Waals surface area contributed by atoms with Crippen LogP contribution in [-0.4, -0.2) is 19.5 Å². The average Bonchev–Trinajstić information content (AvgIpc) is 3.95. The number of nitrogens with zero attached hydrogens (tertiary/aromatic N) is 4. The van der Waals surface area contributed by atoms with Crippen molar-refractivity contribution in [1.29, 1.82) is 0 Å². The molecule has 0 amide bonds. The van der Waals surface area contributed by atoms with Gasteiger partial charge in [0.05, 0.1) is 16.6 Å². The highest BCUT2D eigenvalue weighted by Gasteiger charge is 2.21. The van der Waals surface area contributed by atoms with Crippen LogP contribution in [0.3, 0.4) is 0 Å². The van der Waals surface area contributed by atoms with Crippen LogP contribution in [0.25, 0.3) is 117 Å². The van der Waals surface area contributed by atoms with E-state index in [1.54, 1.807) is 0 Å². The fourth-order valence-corrected chi connectivity index (χ4v) is 8.35. The Bertz CT molecular complexity index is 3510. The Labute approximate surface area is 325 Å². The SMILES string of the molecule is c1ccc(-c2ccc(-n3c4ccccc4c4cc5oc6c(-c7nc(-c8ccccc8)nc(-c8ccc9c(c8)oc8ccccc89)n7)cccc6c5cc43)cc2)cc1. The predicted octanol–water partition coefficient (Wildman–Crippen LogP) is 13.4. The van der Waals surface area contributed by atoms with Gasteiger partial charge in [0.1, 0.15) is 22.3 Å². The molecule has 12 rings (SSSR count). The molecule has 12 aromatic rings. The molecule has 0 radical (unpaired) electrons. The van der Waals surface area contributed by atoms with Gasteiger partial charge < -0.3 is 13.4 Å². The number of fused-ring (bicyclic) bond motifs is 9. The highest BCUT2D eigenvalue weighted by atomic mass is 16.3. The normalized spacial score (nSPS) is 11.9. The Kier molecular flexibility index (Phi) is 6.83. The van der Waals surface area contributed by atoms with E-state index in [2.05, 4.69) is 120 Å². The van der Waals surface area contributed by atoms with Crippen LogP contribution >= 0.6 is 0 Å². The van der Waals surface area contributed by atoms with Gasteiger partial charge in [0.15, 0.2) is 17.5 Å². The quantitative estimate of drug-likeness (QED) is 0.176. The maximum atomic E-state index is 6.83. The van der Waals surface area contributed by atoms with Crippen LogP contribution in [0.15, 0.2) is 191 Å². The van der Waals surface area contributed by atoms with E-state index in [0.717, 1.165) is 82.7 Å². The summed E-state index contributed by atoms with van der Waals surface area (Å²) >= 11 is 0. The van der Waals surface area contributed by atoms with Crippen molar-refractivity contribution >= 4 is 65.7 Å². The Balaban J connectivity index is 1.04. The van der Waals surface area contributed by atoms with Gasteiger partial charge in [-0.2, -0.15) is 0 Å². The second-order valence-corrected chi connectivity index (χ2v) is 14.4. The van der Waals surface area contributed by atoms with Gasteiger partial charge in [-0.05, 0) is 65.7 Å². The van der Waals surface area contributed by atoms with Crippen LogP contribution in [0.5, 0.6) is 0 Å². The predicted molar refractivity (Wildman–Crippen MR) is 230 cm³/mol. The van der Waals surface area contributed by atoms with Gasteiger partial charge in [-0.15, -0.1) is 0 Å². The van der Waals surface area contributed by atoms with Crippen LogP contribution in [0.2, 0.25) is 0 Å². The minimum Gasteiger partial charge on any atom is -0.456 e. The molecule has 0 aliphatic carbocycles. The van der Waals surface area contributed by atoms with E-state index in [9.17, 15) is 0 Å². The molecule has 266 valence electrons. The molecule has 6 nitrogen and oxygen atoms in total. The number of hydrogen-bond acceptors (Lipinski definition) is 5. The summed E-state index contributed by atoms with van der Waals surface area (Å²) in [6.07, 6.45) is 0. The topological polar surface area (TPSA) is 69.9 Å². The minimum absolute atomic E-state index is 0.534. The van der Waals surface area contributed by atoms with Crippen LogP contribution < -0.4 is 0 Å². The summed E-state index contributed by atoms with van der Waals surface area (Å²) in [5.74, 6) is 1.67. The zero-order chi connectivity index (χ0) is 37.5. The maximum Gasteiger partial charge on any atom is 0.167 e.